The quantitative estimate of drug-likeness (QED) is 0.266. The van der Waals surface area contributed by atoms with Crippen LogP contribution in [0.1, 0.15) is 71.6 Å². The summed E-state index contributed by atoms with van der Waals surface area (Å²) in [4.78, 5) is 10.9. The van der Waals surface area contributed by atoms with Crippen LogP contribution in [-0.2, 0) is 4.79 Å². The lowest BCUT2D eigenvalue weighted by Crippen LogP contribution is -2.24. The SMILES string of the molecule is CC(C)CCCCCCCCCC(=C=O)[Si](C)(C)C. The Hall–Kier alpha value is -0.333. The Morgan fingerprint density at radius 3 is 1.79 bits per heavy atom. The fourth-order valence-electron chi connectivity index (χ4n) is 2.32. The van der Waals surface area contributed by atoms with E-state index >= 15 is 0 Å². The van der Waals surface area contributed by atoms with E-state index in [-0.39, 0.29) is 0 Å². The van der Waals surface area contributed by atoms with Crippen LogP contribution in [-0.4, -0.2) is 14.0 Å². The van der Waals surface area contributed by atoms with E-state index in [9.17, 15) is 4.79 Å². The number of carbonyl (C=O) groups excluding carboxylic acids is 1. The molecule has 1 nitrogen and oxygen atoms in total. The van der Waals surface area contributed by atoms with Crippen molar-refractivity contribution in [2.24, 2.45) is 5.92 Å². The summed E-state index contributed by atoms with van der Waals surface area (Å²) in [6.45, 7) is 11.3. The Kier molecular flexibility index (Phi) is 10.3. The molecular formula is C17H34OSi. The third-order valence-corrected chi connectivity index (χ3v) is 5.90. The second kappa shape index (κ2) is 10.5. The van der Waals surface area contributed by atoms with Gasteiger partial charge < -0.3 is 0 Å². The van der Waals surface area contributed by atoms with Crippen molar-refractivity contribution < 1.29 is 4.79 Å². The van der Waals surface area contributed by atoms with Crippen LogP contribution in [0.25, 0.3) is 0 Å². The van der Waals surface area contributed by atoms with Crippen LogP contribution in [0.2, 0.25) is 19.6 Å². The fourth-order valence-corrected chi connectivity index (χ4v) is 3.55. The van der Waals surface area contributed by atoms with Gasteiger partial charge >= 0.3 is 0 Å². The third-order valence-electron chi connectivity index (χ3n) is 3.74. The van der Waals surface area contributed by atoms with Crippen molar-refractivity contribution >= 4 is 14.0 Å². The van der Waals surface area contributed by atoms with Gasteiger partial charge in [-0.25, -0.2) is 4.79 Å². The van der Waals surface area contributed by atoms with E-state index < -0.39 is 8.07 Å². The zero-order valence-electron chi connectivity index (χ0n) is 13.8. The summed E-state index contributed by atoms with van der Waals surface area (Å²) >= 11 is 0. The molecule has 0 saturated heterocycles. The molecule has 0 N–H and O–H groups in total. The van der Waals surface area contributed by atoms with Crippen LogP contribution in [0.5, 0.6) is 0 Å². The van der Waals surface area contributed by atoms with E-state index in [1.165, 1.54) is 51.4 Å². The van der Waals surface area contributed by atoms with Crippen LogP contribution >= 0.6 is 0 Å². The van der Waals surface area contributed by atoms with Crippen LogP contribution in [0, 0.1) is 5.92 Å². The second-order valence-electron chi connectivity index (χ2n) is 7.24. The Morgan fingerprint density at radius 2 is 1.37 bits per heavy atom. The molecule has 0 amide bonds. The Bertz CT molecular complexity index is 269. The normalized spacial score (nSPS) is 11.7. The van der Waals surface area contributed by atoms with Crippen molar-refractivity contribution in [3.63, 3.8) is 0 Å². The third kappa shape index (κ3) is 11.2. The second-order valence-corrected chi connectivity index (χ2v) is 12.3. The molecule has 0 aliphatic carbocycles. The maximum atomic E-state index is 10.9. The predicted octanol–water partition coefficient (Wildman–Crippen LogP) is 5.79. The first kappa shape index (κ1) is 18.7. The van der Waals surface area contributed by atoms with Crippen LogP contribution in [0.15, 0.2) is 5.20 Å². The molecule has 0 aromatic rings. The number of allylic oxidation sites excluding steroid dienone is 1. The average molecular weight is 283 g/mol. The molecule has 0 aliphatic heterocycles. The van der Waals surface area contributed by atoms with Crippen molar-refractivity contribution in [2.75, 3.05) is 0 Å². The fraction of sp³-hybridized carbons (Fsp3) is 0.882. The molecule has 0 unspecified atom stereocenters. The Labute approximate surface area is 121 Å². The highest BCUT2D eigenvalue weighted by Crippen LogP contribution is 2.19. The standard InChI is InChI=1S/C17H34OSi/c1-16(2)13-11-9-7-6-8-10-12-14-17(15-18)19(3,4)5/h16H,6-14H2,1-5H3. The minimum Gasteiger partial charge on any atom is -0.234 e. The molecule has 0 aliphatic rings. The number of hydrogen-bond donors (Lipinski definition) is 0. The molecule has 19 heavy (non-hydrogen) atoms. The minimum atomic E-state index is -1.39. The van der Waals surface area contributed by atoms with E-state index in [4.69, 9.17) is 0 Å². The summed E-state index contributed by atoms with van der Waals surface area (Å²) in [5, 5.41) is 1.09. The lowest BCUT2D eigenvalue weighted by Gasteiger charge is -2.16. The molecule has 112 valence electrons. The molecule has 0 spiro atoms. The first-order chi connectivity index (χ1) is 8.88. The first-order valence-electron chi connectivity index (χ1n) is 8.12. The van der Waals surface area contributed by atoms with E-state index in [0.29, 0.717) is 0 Å². The molecule has 0 fully saturated rings. The topological polar surface area (TPSA) is 17.1 Å². The van der Waals surface area contributed by atoms with Gasteiger partial charge in [0.05, 0.1) is 8.07 Å². The van der Waals surface area contributed by atoms with E-state index in [0.717, 1.165) is 17.5 Å². The molecule has 0 aromatic heterocycles. The van der Waals surface area contributed by atoms with E-state index in [1.807, 2.05) is 0 Å². The summed E-state index contributed by atoms with van der Waals surface area (Å²) in [5.41, 5.74) is 0. The van der Waals surface area contributed by atoms with Crippen LogP contribution in [0.4, 0.5) is 0 Å². The average Bonchev–Trinajstić information content (AvgIpc) is 2.29. The van der Waals surface area contributed by atoms with Gasteiger partial charge in [0.1, 0.15) is 5.94 Å². The molecule has 0 rings (SSSR count). The highest BCUT2D eigenvalue weighted by molar-refractivity contribution is 6.84. The monoisotopic (exact) mass is 282 g/mol. The molecule has 2 heteroatoms. The number of hydrogen-bond acceptors (Lipinski definition) is 1. The summed E-state index contributed by atoms with van der Waals surface area (Å²) in [6, 6.07) is 0. The maximum Gasteiger partial charge on any atom is 0.119 e. The molecule has 0 heterocycles. The molecule has 0 saturated carbocycles. The van der Waals surface area contributed by atoms with Gasteiger partial charge in [0.15, 0.2) is 0 Å². The van der Waals surface area contributed by atoms with Gasteiger partial charge in [-0.1, -0.05) is 78.4 Å². The highest BCUT2D eigenvalue weighted by Gasteiger charge is 2.19. The summed E-state index contributed by atoms with van der Waals surface area (Å²) in [5.74, 6) is 3.06. The van der Waals surface area contributed by atoms with Crippen LogP contribution < -0.4 is 0 Å². The molecule has 0 aromatic carbocycles. The van der Waals surface area contributed by atoms with Crippen molar-refractivity contribution in [1.82, 2.24) is 0 Å². The number of rotatable bonds is 11. The summed E-state index contributed by atoms with van der Waals surface area (Å²) in [6.07, 6.45) is 11.7. The molecule has 0 atom stereocenters. The lowest BCUT2D eigenvalue weighted by atomic mass is 10.0. The largest absolute Gasteiger partial charge is 0.234 e. The van der Waals surface area contributed by atoms with Gasteiger partial charge in [0.25, 0.3) is 0 Å². The van der Waals surface area contributed by atoms with Gasteiger partial charge in [-0.2, -0.15) is 0 Å². The van der Waals surface area contributed by atoms with E-state index in [2.05, 4.69) is 39.4 Å². The maximum absolute atomic E-state index is 10.9. The van der Waals surface area contributed by atoms with Gasteiger partial charge in [0, 0.05) is 0 Å². The zero-order valence-corrected chi connectivity index (χ0v) is 14.8. The Morgan fingerprint density at radius 1 is 0.895 bits per heavy atom. The highest BCUT2D eigenvalue weighted by atomic mass is 28.3. The smallest absolute Gasteiger partial charge is 0.119 e. The minimum absolute atomic E-state index is 0.857. The van der Waals surface area contributed by atoms with Crippen molar-refractivity contribution in [2.45, 2.75) is 91.3 Å². The number of unbranched alkanes of at least 4 members (excludes halogenated alkanes) is 6. The van der Waals surface area contributed by atoms with Crippen molar-refractivity contribution in [3.8, 4) is 0 Å². The van der Waals surface area contributed by atoms with Crippen molar-refractivity contribution in [3.05, 3.63) is 5.20 Å². The first-order valence-corrected chi connectivity index (χ1v) is 11.6. The Balaban J connectivity index is 3.44. The predicted molar refractivity (Wildman–Crippen MR) is 88.9 cm³/mol. The molecule has 0 radical (unpaired) electrons. The van der Waals surface area contributed by atoms with Gasteiger partial charge in [-0.15, -0.1) is 0 Å². The lowest BCUT2D eigenvalue weighted by molar-refractivity contribution is 0.509. The van der Waals surface area contributed by atoms with E-state index in [1.54, 1.807) is 0 Å². The van der Waals surface area contributed by atoms with Crippen LogP contribution in [0.3, 0.4) is 0 Å². The summed E-state index contributed by atoms with van der Waals surface area (Å²) in [7, 11) is -1.39. The van der Waals surface area contributed by atoms with Crippen molar-refractivity contribution in [1.29, 1.82) is 0 Å². The zero-order chi connectivity index (χ0) is 14.7. The van der Waals surface area contributed by atoms with Gasteiger partial charge in [-0.05, 0) is 24.0 Å². The summed E-state index contributed by atoms with van der Waals surface area (Å²) < 4.78 is 0. The molecular weight excluding hydrogens is 248 g/mol. The molecule has 0 bridgehead atoms. The van der Waals surface area contributed by atoms with Gasteiger partial charge in [-0.3, -0.25) is 0 Å². The van der Waals surface area contributed by atoms with Gasteiger partial charge in [0.2, 0.25) is 0 Å².